The van der Waals surface area contributed by atoms with Crippen molar-refractivity contribution >= 4 is 59.4 Å². The van der Waals surface area contributed by atoms with Gasteiger partial charge in [0.2, 0.25) is 5.91 Å². The number of aryl methyl sites for hydroxylation is 1. The van der Waals surface area contributed by atoms with Crippen molar-refractivity contribution in [3.05, 3.63) is 83.9 Å². The second kappa shape index (κ2) is 17.7. The van der Waals surface area contributed by atoms with Crippen molar-refractivity contribution in [2.45, 2.75) is 32.6 Å². The van der Waals surface area contributed by atoms with Crippen molar-refractivity contribution in [2.75, 3.05) is 64.2 Å². The molecule has 0 saturated carbocycles. The maximum Gasteiger partial charge on any atom is 0.276 e. The molecule has 1 N–H and O–H groups in total. The third-order valence-corrected chi connectivity index (χ3v) is 8.29. The molecular weight excluding hydrogens is 655 g/mol. The van der Waals surface area contributed by atoms with E-state index in [1.165, 1.54) is 7.11 Å². The van der Waals surface area contributed by atoms with Gasteiger partial charge in [-0.15, -0.1) is 24.8 Å². The number of benzene rings is 2. The number of ether oxygens (including phenoxy) is 2. The van der Waals surface area contributed by atoms with Crippen LogP contribution in [0.4, 0.5) is 11.4 Å². The van der Waals surface area contributed by atoms with Crippen molar-refractivity contribution in [1.82, 2.24) is 19.2 Å². The number of pyridine rings is 1. The molecule has 1 aliphatic rings. The lowest BCUT2D eigenvalue weighted by Crippen LogP contribution is -2.47. The lowest BCUT2D eigenvalue weighted by molar-refractivity contribution is -0.132. The smallest absolute Gasteiger partial charge is 0.276 e. The Morgan fingerprint density at radius 1 is 0.938 bits per heavy atom. The monoisotopic (exact) mass is 698 g/mol. The molecule has 0 bridgehead atoms. The second-order valence-electron chi connectivity index (χ2n) is 11.6. The van der Waals surface area contributed by atoms with Gasteiger partial charge >= 0.3 is 0 Å². The van der Waals surface area contributed by atoms with Crippen molar-refractivity contribution in [1.29, 1.82) is 0 Å². The summed E-state index contributed by atoms with van der Waals surface area (Å²) in [5, 5.41) is 2.85. The van der Waals surface area contributed by atoms with E-state index in [0.717, 1.165) is 51.0 Å². The van der Waals surface area contributed by atoms with Gasteiger partial charge in [0.25, 0.3) is 11.8 Å². The molecule has 2 aromatic heterocycles. The van der Waals surface area contributed by atoms with Gasteiger partial charge in [-0.05, 0) is 81.3 Å². The van der Waals surface area contributed by atoms with E-state index in [4.69, 9.17) is 9.47 Å². The number of nitrogens with one attached hydrogen (secondary N) is 1. The number of unbranched alkanes of at least 4 members (excludes halogenated alkanes) is 2. The van der Waals surface area contributed by atoms with Crippen molar-refractivity contribution in [3.8, 4) is 11.5 Å². The van der Waals surface area contributed by atoms with E-state index < -0.39 is 0 Å². The number of amides is 3. The van der Waals surface area contributed by atoms with Crippen LogP contribution in [0.25, 0.3) is 5.52 Å². The van der Waals surface area contributed by atoms with Crippen molar-refractivity contribution in [2.24, 2.45) is 0 Å². The molecule has 48 heavy (non-hydrogen) atoms. The highest BCUT2D eigenvalue weighted by Crippen LogP contribution is 2.32. The van der Waals surface area contributed by atoms with Crippen LogP contribution in [0.1, 0.15) is 52.1 Å². The second-order valence-corrected chi connectivity index (χ2v) is 11.6. The minimum atomic E-state index is -0.383. The van der Waals surface area contributed by atoms with E-state index in [1.807, 2.05) is 54.4 Å². The van der Waals surface area contributed by atoms with Gasteiger partial charge in [0.05, 0.1) is 30.6 Å². The number of piperazine rings is 1. The van der Waals surface area contributed by atoms with E-state index in [1.54, 1.807) is 40.9 Å². The molecule has 1 aliphatic heterocycles. The number of methoxy groups -OCH3 is 1. The Labute approximate surface area is 294 Å². The number of rotatable bonds is 12. The van der Waals surface area contributed by atoms with Gasteiger partial charge in [-0.25, -0.2) is 4.98 Å². The van der Waals surface area contributed by atoms with Crippen molar-refractivity contribution < 1.29 is 23.9 Å². The predicted octanol–water partition coefficient (Wildman–Crippen LogP) is 5.74. The Hall–Kier alpha value is -4.32. The molecule has 11 nitrogen and oxygen atoms in total. The zero-order chi connectivity index (χ0) is 32.6. The first kappa shape index (κ1) is 38.1. The standard InChI is InChI=1S/C35H42N6O5.2ClH/c1-25-12-15-28(31(22-25)46-21-9-5-6-11-32(42)40-19-17-38(2)18-20-40)39(3)35(44)26-13-14-27(30(23-26)45-4)37-34(43)33-29-10-7-8-16-41(29)24-36-33;;/h7-8,10,12-16,22-24H,5-6,9,11,17-21H2,1-4H3,(H,37,43);2*1H. The number of carbonyl (C=O) groups is 3. The Kier molecular flexibility index (Phi) is 14.1. The van der Waals surface area contributed by atoms with E-state index >= 15 is 0 Å². The molecule has 13 heteroatoms. The van der Waals surface area contributed by atoms with Crippen LogP contribution in [0.15, 0.2) is 67.1 Å². The van der Waals surface area contributed by atoms with E-state index in [0.29, 0.717) is 47.0 Å². The number of hydrogen-bond donors (Lipinski definition) is 1. The molecule has 3 heterocycles. The van der Waals surface area contributed by atoms with Gasteiger partial charge in [0.15, 0.2) is 5.69 Å². The average Bonchev–Trinajstić information content (AvgIpc) is 3.50. The number of likely N-dealkylation sites (N-methyl/N-ethyl adjacent to an activating group) is 1. The Bertz CT molecular complexity index is 1710. The Morgan fingerprint density at radius 3 is 2.46 bits per heavy atom. The molecule has 0 radical (unpaired) electrons. The summed E-state index contributed by atoms with van der Waals surface area (Å²) in [6.07, 6.45) is 6.48. The summed E-state index contributed by atoms with van der Waals surface area (Å²) in [5.41, 5.74) is 3.44. The molecule has 2 aromatic carbocycles. The van der Waals surface area contributed by atoms with Crippen LogP contribution in [-0.4, -0.2) is 90.9 Å². The van der Waals surface area contributed by atoms with Gasteiger partial charge in [0, 0.05) is 51.4 Å². The zero-order valence-electron chi connectivity index (χ0n) is 27.8. The van der Waals surface area contributed by atoms with Gasteiger partial charge in [-0.2, -0.15) is 0 Å². The number of anilines is 2. The largest absolute Gasteiger partial charge is 0.495 e. The number of aromatic nitrogens is 2. The van der Waals surface area contributed by atoms with Gasteiger partial charge in [-0.1, -0.05) is 12.1 Å². The third kappa shape index (κ3) is 9.18. The summed E-state index contributed by atoms with van der Waals surface area (Å²) >= 11 is 0. The van der Waals surface area contributed by atoms with Crippen LogP contribution in [0.2, 0.25) is 0 Å². The summed E-state index contributed by atoms with van der Waals surface area (Å²) in [6.45, 7) is 5.92. The fourth-order valence-corrected chi connectivity index (χ4v) is 5.50. The number of fused-ring (bicyclic) bond motifs is 1. The minimum Gasteiger partial charge on any atom is -0.495 e. The molecule has 1 fully saturated rings. The Balaban J connectivity index is 0.00000312. The van der Waals surface area contributed by atoms with Gasteiger partial charge in [0.1, 0.15) is 17.8 Å². The number of carbonyl (C=O) groups excluding carboxylic acids is 3. The first-order valence-corrected chi connectivity index (χ1v) is 15.6. The summed E-state index contributed by atoms with van der Waals surface area (Å²) in [5.74, 6) is 0.558. The van der Waals surface area contributed by atoms with Crippen LogP contribution in [0, 0.1) is 6.92 Å². The molecule has 5 rings (SSSR count). The van der Waals surface area contributed by atoms with Crippen LogP contribution in [0.5, 0.6) is 11.5 Å². The summed E-state index contributed by atoms with van der Waals surface area (Å²) in [4.78, 5) is 49.2. The molecule has 1 saturated heterocycles. The first-order valence-electron chi connectivity index (χ1n) is 15.6. The van der Waals surface area contributed by atoms with E-state index in [2.05, 4.69) is 22.2 Å². The maximum absolute atomic E-state index is 13.6. The fraction of sp³-hybridized carbons (Fsp3) is 0.371. The highest BCUT2D eigenvalue weighted by Gasteiger charge is 2.21. The van der Waals surface area contributed by atoms with Crippen molar-refractivity contribution in [3.63, 3.8) is 0 Å². The third-order valence-electron chi connectivity index (χ3n) is 8.29. The molecule has 258 valence electrons. The first-order chi connectivity index (χ1) is 22.2. The zero-order valence-corrected chi connectivity index (χ0v) is 29.4. The summed E-state index contributed by atoms with van der Waals surface area (Å²) < 4.78 is 13.5. The predicted molar refractivity (Wildman–Crippen MR) is 193 cm³/mol. The SMILES string of the molecule is COc1cc(C(=O)N(C)c2ccc(C)cc2OCCCCCC(=O)N2CCN(C)CC2)ccc1NC(=O)c1ncn2ccccc12.Cl.Cl. The molecular formula is C35H44Cl2N6O5. The average molecular weight is 700 g/mol. The van der Waals surface area contributed by atoms with Crippen LogP contribution in [0.3, 0.4) is 0 Å². The van der Waals surface area contributed by atoms with Gasteiger partial charge in [-0.3, -0.25) is 14.4 Å². The molecule has 4 aromatic rings. The number of hydrogen-bond acceptors (Lipinski definition) is 7. The molecule has 0 unspecified atom stereocenters. The molecule has 0 spiro atoms. The van der Waals surface area contributed by atoms with Crippen LogP contribution in [-0.2, 0) is 4.79 Å². The van der Waals surface area contributed by atoms with Gasteiger partial charge < -0.3 is 33.9 Å². The van der Waals surface area contributed by atoms with Crippen LogP contribution >= 0.6 is 24.8 Å². The normalized spacial score (nSPS) is 12.9. The van der Waals surface area contributed by atoms with E-state index in [9.17, 15) is 14.4 Å². The summed E-state index contributed by atoms with van der Waals surface area (Å²) in [6, 6.07) is 16.2. The molecule has 0 atom stereocenters. The minimum absolute atomic E-state index is 0. The highest BCUT2D eigenvalue weighted by atomic mass is 35.5. The maximum atomic E-state index is 13.6. The number of nitrogens with zero attached hydrogens (tertiary/aromatic N) is 5. The summed E-state index contributed by atoms with van der Waals surface area (Å²) in [7, 11) is 5.28. The quantitative estimate of drug-likeness (QED) is 0.188. The van der Waals surface area contributed by atoms with Crippen LogP contribution < -0.4 is 19.7 Å². The molecule has 0 aliphatic carbocycles. The highest BCUT2D eigenvalue weighted by molar-refractivity contribution is 6.10. The topological polar surface area (TPSA) is 109 Å². The lowest BCUT2D eigenvalue weighted by atomic mass is 10.1. The Morgan fingerprint density at radius 2 is 1.71 bits per heavy atom. The van der Waals surface area contributed by atoms with E-state index in [-0.39, 0.29) is 48.2 Å². The molecule has 3 amide bonds. The number of halogens is 2. The number of imidazole rings is 1. The lowest BCUT2D eigenvalue weighted by Gasteiger charge is -2.32. The fourth-order valence-electron chi connectivity index (χ4n) is 5.50.